The maximum Gasteiger partial charge on any atom is 0.314 e. The highest BCUT2D eigenvalue weighted by atomic mass is 16.4. The van der Waals surface area contributed by atoms with Gasteiger partial charge in [0.15, 0.2) is 0 Å². The van der Waals surface area contributed by atoms with Crippen molar-refractivity contribution < 1.29 is 19.8 Å². The first kappa shape index (κ1) is 16.7. The van der Waals surface area contributed by atoms with Gasteiger partial charge in [0.25, 0.3) is 0 Å². The number of amides is 2. The van der Waals surface area contributed by atoms with E-state index in [1.54, 1.807) is 0 Å². The molecule has 0 rings (SSSR count). The van der Waals surface area contributed by atoms with Crippen LogP contribution < -0.4 is 10.6 Å². The van der Waals surface area contributed by atoms with Gasteiger partial charge in [-0.2, -0.15) is 0 Å². The fourth-order valence-corrected chi connectivity index (χ4v) is 1.66. The number of aliphatic hydroxyl groups excluding tert-OH is 1. The van der Waals surface area contributed by atoms with Crippen LogP contribution >= 0.6 is 0 Å². The lowest BCUT2D eigenvalue weighted by atomic mass is 9.81. The Morgan fingerprint density at radius 2 is 1.78 bits per heavy atom. The average molecular weight is 260 g/mol. The molecule has 0 heterocycles. The number of carboxylic acids is 1. The summed E-state index contributed by atoms with van der Waals surface area (Å²) in [7, 11) is 0. The maximum absolute atomic E-state index is 11.4. The van der Waals surface area contributed by atoms with Gasteiger partial charge < -0.3 is 20.8 Å². The monoisotopic (exact) mass is 260 g/mol. The molecule has 0 saturated carbocycles. The zero-order chi connectivity index (χ0) is 14.3. The summed E-state index contributed by atoms with van der Waals surface area (Å²) in [6, 6.07) is -0.416. The Balaban J connectivity index is 4.00. The van der Waals surface area contributed by atoms with Gasteiger partial charge in [-0.25, -0.2) is 4.79 Å². The zero-order valence-corrected chi connectivity index (χ0v) is 11.5. The summed E-state index contributed by atoms with van der Waals surface area (Å²) in [5.74, 6) is -0.845. The van der Waals surface area contributed by atoms with E-state index in [1.165, 1.54) is 0 Å². The summed E-state index contributed by atoms with van der Waals surface area (Å²) in [4.78, 5) is 21.6. The number of nitrogens with one attached hydrogen (secondary N) is 2. The molecular formula is C12H24N2O4. The van der Waals surface area contributed by atoms with Crippen LogP contribution in [0.2, 0.25) is 0 Å². The van der Waals surface area contributed by atoms with Crippen LogP contribution in [-0.2, 0) is 4.79 Å². The highest BCUT2D eigenvalue weighted by molar-refractivity contribution is 5.75. The summed E-state index contributed by atoms with van der Waals surface area (Å²) in [5, 5.41) is 23.5. The smallest absolute Gasteiger partial charge is 0.314 e. The molecule has 1 unspecified atom stereocenters. The summed E-state index contributed by atoms with van der Waals surface area (Å²) in [5.41, 5.74) is -0.432. The molecule has 0 aliphatic heterocycles. The molecule has 2 amide bonds. The molecule has 0 fully saturated rings. The minimum Gasteiger partial charge on any atom is -0.481 e. The van der Waals surface area contributed by atoms with E-state index in [9.17, 15) is 14.7 Å². The van der Waals surface area contributed by atoms with Gasteiger partial charge in [-0.05, 0) is 5.92 Å². The van der Waals surface area contributed by atoms with Gasteiger partial charge in [0.05, 0.1) is 12.5 Å². The van der Waals surface area contributed by atoms with Gasteiger partial charge in [-0.15, -0.1) is 0 Å². The number of aliphatic carboxylic acids is 1. The zero-order valence-electron chi connectivity index (χ0n) is 11.5. The first-order chi connectivity index (χ1) is 8.16. The molecule has 0 spiro atoms. The molecule has 0 radical (unpaired) electrons. The van der Waals surface area contributed by atoms with Crippen LogP contribution in [0.3, 0.4) is 0 Å². The van der Waals surface area contributed by atoms with Gasteiger partial charge in [-0.1, -0.05) is 27.7 Å². The molecule has 4 N–H and O–H groups in total. The second-order valence-corrected chi connectivity index (χ2v) is 5.43. The highest BCUT2D eigenvalue weighted by Gasteiger charge is 2.30. The fraction of sp³-hybridized carbons (Fsp3) is 0.833. The fourth-order valence-electron chi connectivity index (χ4n) is 1.66. The van der Waals surface area contributed by atoms with Crippen molar-refractivity contribution in [2.24, 2.45) is 11.3 Å². The Hall–Kier alpha value is -1.30. The Morgan fingerprint density at radius 1 is 1.22 bits per heavy atom. The molecule has 0 saturated heterocycles. The largest absolute Gasteiger partial charge is 0.481 e. The predicted molar refractivity (Wildman–Crippen MR) is 68.3 cm³/mol. The Morgan fingerprint density at radius 3 is 2.22 bits per heavy atom. The normalized spacial score (nSPS) is 13.2. The highest BCUT2D eigenvalue weighted by Crippen LogP contribution is 2.24. The molecule has 0 aromatic rings. The lowest BCUT2D eigenvalue weighted by Gasteiger charge is -2.33. The molecule has 18 heavy (non-hydrogen) atoms. The molecule has 0 bridgehead atoms. The van der Waals surface area contributed by atoms with Gasteiger partial charge in [0, 0.05) is 18.5 Å². The van der Waals surface area contributed by atoms with Crippen molar-refractivity contribution in [1.82, 2.24) is 10.6 Å². The molecule has 0 aromatic carbocycles. The molecule has 1 atom stereocenters. The number of aliphatic hydroxyl groups is 1. The standard InChI is InChI=1S/C12H24N2O4/c1-8(2)10(17)12(3,4)7-14-11(18)13-6-5-9(15)16/h8,10,17H,5-7H2,1-4H3,(H,15,16)(H2,13,14,18). The minimum atomic E-state index is -0.953. The summed E-state index contributed by atoms with van der Waals surface area (Å²) < 4.78 is 0. The summed E-state index contributed by atoms with van der Waals surface area (Å²) in [6.07, 6.45) is -0.623. The van der Waals surface area contributed by atoms with E-state index >= 15 is 0 Å². The molecule has 0 aliphatic rings. The van der Waals surface area contributed by atoms with Crippen LogP contribution in [0.15, 0.2) is 0 Å². The third kappa shape index (κ3) is 6.44. The molecule has 0 aliphatic carbocycles. The summed E-state index contributed by atoms with van der Waals surface area (Å²) in [6.45, 7) is 7.99. The summed E-state index contributed by atoms with van der Waals surface area (Å²) >= 11 is 0. The van der Waals surface area contributed by atoms with E-state index in [4.69, 9.17) is 5.11 Å². The van der Waals surface area contributed by atoms with E-state index in [1.807, 2.05) is 27.7 Å². The predicted octanol–water partition coefficient (Wildman–Crippen LogP) is 0.803. The van der Waals surface area contributed by atoms with Gasteiger partial charge in [-0.3, -0.25) is 4.79 Å². The Bertz CT molecular complexity index is 290. The average Bonchev–Trinajstić information content (AvgIpc) is 2.24. The molecule has 0 aromatic heterocycles. The van der Waals surface area contributed by atoms with E-state index in [0.717, 1.165) is 0 Å². The van der Waals surface area contributed by atoms with Crippen LogP contribution in [0, 0.1) is 11.3 Å². The van der Waals surface area contributed by atoms with Crippen molar-refractivity contribution in [3.63, 3.8) is 0 Å². The Labute approximate surface area is 108 Å². The quantitative estimate of drug-likeness (QED) is 0.544. The van der Waals surface area contributed by atoms with Gasteiger partial charge >= 0.3 is 12.0 Å². The minimum absolute atomic E-state index is 0.0916. The van der Waals surface area contributed by atoms with Crippen molar-refractivity contribution in [1.29, 1.82) is 0 Å². The van der Waals surface area contributed by atoms with Crippen LogP contribution in [0.25, 0.3) is 0 Å². The van der Waals surface area contributed by atoms with E-state index in [0.29, 0.717) is 6.54 Å². The number of carboxylic acid groups (broad SMARTS) is 1. The number of urea groups is 1. The lowest BCUT2D eigenvalue weighted by Crippen LogP contribution is -2.46. The van der Waals surface area contributed by atoms with Gasteiger partial charge in [0.2, 0.25) is 0 Å². The lowest BCUT2D eigenvalue weighted by molar-refractivity contribution is -0.136. The SMILES string of the molecule is CC(C)C(O)C(C)(C)CNC(=O)NCCC(=O)O. The van der Waals surface area contributed by atoms with E-state index in [2.05, 4.69) is 10.6 Å². The molecule has 6 heteroatoms. The molecule has 106 valence electrons. The van der Waals surface area contributed by atoms with Crippen molar-refractivity contribution in [2.75, 3.05) is 13.1 Å². The first-order valence-corrected chi connectivity index (χ1v) is 6.08. The number of carbonyl (C=O) groups excluding carboxylic acids is 1. The van der Waals surface area contributed by atoms with Crippen molar-refractivity contribution in [3.8, 4) is 0 Å². The van der Waals surface area contributed by atoms with Crippen molar-refractivity contribution in [2.45, 2.75) is 40.2 Å². The van der Waals surface area contributed by atoms with Crippen LogP contribution in [0.1, 0.15) is 34.1 Å². The van der Waals surface area contributed by atoms with Crippen molar-refractivity contribution >= 4 is 12.0 Å². The molecule has 6 nitrogen and oxygen atoms in total. The third-order valence-corrected chi connectivity index (χ3v) is 2.76. The first-order valence-electron chi connectivity index (χ1n) is 6.08. The topological polar surface area (TPSA) is 98.7 Å². The second-order valence-electron chi connectivity index (χ2n) is 5.43. The van der Waals surface area contributed by atoms with Crippen LogP contribution in [0.4, 0.5) is 4.79 Å². The van der Waals surface area contributed by atoms with Crippen LogP contribution in [-0.4, -0.2) is 41.4 Å². The second kappa shape index (κ2) is 7.20. The Kier molecular flexibility index (Phi) is 6.68. The number of hydrogen-bond acceptors (Lipinski definition) is 3. The van der Waals surface area contributed by atoms with E-state index < -0.39 is 23.5 Å². The van der Waals surface area contributed by atoms with Crippen molar-refractivity contribution in [3.05, 3.63) is 0 Å². The van der Waals surface area contributed by atoms with E-state index in [-0.39, 0.29) is 18.9 Å². The third-order valence-electron chi connectivity index (χ3n) is 2.76. The number of carbonyl (C=O) groups is 2. The van der Waals surface area contributed by atoms with Gasteiger partial charge in [0.1, 0.15) is 0 Å². The number of rotatable bonds is 7. The number of hydrogen-bond donors (Lipinski definition) is 4. The maximum atomic E-state index is 11.4. The molecular weight excluding hydrogens is 236 g/mol. The van der Waals surface area contributed by atoms with Crippen LogP contribution in [0.5, 0.6) is 0 Å².